The van der Waals surface area contributed by atoms with E-state index in [1.807, 2.05) is 4.90 Å². The molecule has 1 atom stereocenters. The summed E-state index contributed by atoms with van der Waals surface area (Å²) in [4.78, 5) is 24.8. The van der Waals surface area contributed by atoms with Gasteiger partial charge in [0.2, 0.25) is 5.91 Å². The average Bonchev–Trinajstić information content (AvgIpc) is 2.36. The van der Waals surface area contributed by atoms with E-state index in [0.29, 0.717) is 6.61 Å². The normalized spacial score (nSPS) is 18.6. The largest absolute Gasteiger partial charge is 0.465 e. The van der Waals surface area contributed by atoms with Crippen molar-refractivity contribution in [3.8, 4) is 0 Å². The van der Waals surface area contributed by atoms with E-state index in [1.165, 1.54) is 0 Å². The first-order valence-electron chi connectivity index (χ1n) is 6.47. The van der Waals surface area contributed by atoms with Gasteiger partial charge in [-0.05, 0) is 39.8 Å². The first-order valence-corrected chi connectivity index (χ1v) is 6.47. The summed E-state index contributed by atoms with van der Waals surface area (Å²) in [5, 5.41) is 3.26. The second-order valence-corrected chi connectivity index (χ2v) is 4.55. The lowest BCUT2D eigenvalue weighted by Crippen LogP contribution is -2.53. The number of carbonyl (C=O) groups excluding carboxylic acids is 2. The highest BCUT2D eigenvalue weighted by molar-refractivity contribution is 5.79. The van der Waals surface area contributed by atoms with E-state index in [0.717, 1.165) is 25.9 Å². The highest BCUT2D eigenvalue weighted by Crippen LogP contribution is 2.15. The third kappa shape index (κ3) is 4.27. The van der Waals surface area contributed by atoms with Gasteiger partial charge in [-0.3, -0.25) is 14.5 Å². The molecule has 0 saturated carbocycles. The predicted molar refractivity (Wildman–Crippen MR) is 67.9 cm³/mol. The lowest BCUT2D eigenvalue weighted by molar-refractivity contribution is -0.150. The van der Waals surface area contributed by atoms with Crippen LogP contribution in [0.3, 0.4) is 0 Å². The maximum atomic E-state index is 11.8. The highest BCUT2D eigenvalue weighted by Gasteiger charge is 2.30. The average molecular weight is 257 g/mol. The van der Waals surface area contributed by atoms with Gasteiger partial charge in [-0.2, -0.15) is 0 Å². The number of carbonyl (C=O) groups is 2. The Kier molecular flexibility index (Phi) is 6.07. The van der Waals surface area contributed by atoms with Crippen molar-refractivity contribution >= 4 is 11.9 Å². The number of hydrogen-bond donors (Lipinski definition) is 2. The Morgan fingerprint density at radius 1 is 1.44 bits per heavy atom. The molecule has 0 aromatic heterocycles. The molecule has 1 fully saturated rings. The van der Waals surface area contributed by atoms with Crippen molar-refractivity contribution in [2.75, 3.05) is 26.2 Å². The van der Waals surface area contributed by atoms with Crippen molar-refractivity contribution in [1.82, 2.24) is 10.2 Å². The van der Waals surface area contributed by atoms with E-state index in [4.69, 9.17) is 10.5 Å². The van der Waals surface area contributed by atoms with Crippen LogP contribution in [0, 0.1) is 0 Å². The highest BCUT2D eigenvalue weighted by atomic mass is 16.5. The quantitative estimate of drug-likeness (QED) is 0.625. The molecule has 3 N–H and O–H groups in total. The van der Waals surface area contributed by atoms with Crippen molar-refractivity contribution in [2.45, 2.75) is 38.8 Å². The number of primary amides is 1. The fourth-order valence-corrected chi connectivity index (χ4v) is 2.30. The van der Waals surface area contributed by atoms with Crippen molar-refractivity contribution in [2.24, 2.45) is 5.73 Å². The lowest BCUT2D eigenvalue weighted by Gasteiger charge is -2.36. The van der Waals surface area contributed by atoms with Gasteiger partial charge in [-0.25, -0.2) is 0 Å². The lowest BCUT2D eigenvalue weighted by atomic mass is 10.0. The molecule has 18 heavy (non-hydrogen) atoms. The third-order valence-corrected chi connectivity index (χ3v) is 3.24. The zero-order valence-corrected chi connectivity index (χ0v) is 11.1. The molecule has 1 heterocycles. The number of esters is 1. The summed E-state index contributed by atoms with van der Waals surface area (Å²) in [5.74, 6) is -0.707. The summed E-state index contributed by atoms with van der Waals surface area (Å²) in [6, 6.07) is -0.223. The zero-order valence-electron chi connectivity index (χ0n) is 11.1. The minimum atomic E-state index is -0.430. The molecular formula is C12H23N3O3. The van der Waals surface area contributed by atoms with Gasteiger partial charge in [0, 0.05) is 6.04 Å². The Bertz CT molecular complexity index is 290. The van der Waals surface area contributed by atoms with Crippen molar-refractivity contribution in [3.05, 3.63) is 0 Å². The van der Waals surface area contributed by atoms with Gasteiger partial charge >= 0.3 is 5.97 Å². The van der Waals surface area contributed by atoms with E-state index in [1.54, 1.807) is 13.8 Å². The van der Waals surface area contributed by atoms with Crippen molar-refractivity contribution < 1.29 is 14.3 Å². The number of nitrogens with zero attached hydrogens (tertiary/aromatic N) is 1. The number of nitrogens with two attached hydrogens (primary N) is 1. The van der Waals surface area contributed by atoms with Crippen LogP contribution in [-0.2, 0) is 14.3 Å². The minimum Gasteiger partial charge on any atom is -0.465 e. The van der Waals surface area contributed by atoms with Crippen LogP contribution < -0.4 is 11.1 Å². The SMILES string of the molecule is CCOC(=O)C(C)N(CC(N)=O)C1CCNCC1. The minimum absolute atomic E-state index is 0.102. The molecular weight excluding hydrogens is 234 g/mol. The van der Waals surface area contributed by atoms with Crippen LogP contribution in [0.4, 0.5) is 0 Å². The molecule has 1 unspecified atom stereocenters. The van der Waals surface area contributed by atoms with Crippen LogP contribution in [0.5, 0.6) is 0 Å². The zero-order chi connectivity index (χ0) is 13.5. The molecule has 1 saturated heterocycles. The number of hydrogen-bond acceptors (Lipinski definition) is 5. The molecule has 1 rings (SSSR count). The number of nitrogens with one attached hydrogen (secondary N) is 1. The Morgan fingerprint density at radius 2 is 2.06 bits per heavy atom. The molecule has 0 radical (unpaired) electrons. The van der Waals surface area contributed by atoms with Crippen molar-refractivity contribution in [3.63, 3.8) is 0 Å². The maximum Gasteiger partial charge on any atom is 0.323 e. The van der Waals surface area contributed by atoms with Crippen LogP contribution in [0.2, 0.25) is 0 Å². The molecule has 0 aromatic carbocycles. The number of piperidine rings is 1. The number of rotatable bonds is 6. The first kappa shape index (κ1) is 14.9. The molecule has 1 amide bonds. The second-order valence-electron chi connectivity index (χ2n) is 4.55. The molecule has 6 heteroatoms. The van der Waals surface area contributed by atoms with Gasteiger partial charge in [0.05, 0.1) is 13.2 Å². The van der Waals surface area contributed by atoms with Crippen LogP contribution >= 0.6 is 0 Å². The molecule has 0 spiro atoms. The standard InChI is InChI=1S/C12H23N3O3/c1-3-18-12(17)9(2)15(8-11(13)16)10-4-6-14-7-5-10/h9-10,14H,3-8H2,1-2H3,(H2,13,16). The van der Waals surface area contributed by atoms with Gasteiger partial charge in [-0.1, -0.05) is 0 Å². The summed E-state index contributed by atoms with van der Waals surface area (Å²) >= 11 is 0. The van der Waals surface area contributed by atoms with Crippen LogP contribution in [-0.4, -0.2) is 55.1 Å². The van der Waals surface area contributed by atoms with E-state index in [-0.39, 0.29) is 18.6 Å². The fraction of sp³-hybridized carbons (Fsp3) is 0.833. The summed E-state index contributed by atoms with van der Waals surface area (Å²) in [6.07, 6.45) is 1.83. The van der Waals surface area contributed by atoms with Gasteiger partial charge in [0.15, 0.2) is 0 Å². The van der Waals surface area contributed by atoms with Crippen LogP contribution in [0.15, 0.2) is 0 Å². The third-order valence-electron chi connectivity index (χ3n) is 3.24. The van der Waals surface area contributed by atoms with Crippen LogP contribution in [0.25, 0.3) is 0 Å². The summed E-state index contributed by atoms with van der Waals surface area (Å²) in [5.41, 5.74) is 5.26. The molecule has 1 aliphatic heterocycles. The Morgan fingerprint density at radius 3 is 2.56 bits per heavy atom. The molecule has 6 nitrogen and oxygen atoms in total. The van der Waals surface area contributed by atoms with Gasteiger partial charge in [0.25, 0.3) is 0 Å². The Labute approximate surface area is 108 Å². The molecule has 0 bridgehead atoms. The summed E-state index contributed by atoms with van der Waals surface area (Å²) in [7, 11) is 0. The molecule has 0 aliphatic carbocycles. The Hall–Kier alpha value is -1.14. The van der Waals surface area contributed by atoms with E-state index < -0.39 is 11.9 Å². The van der Waals surface area contributed by atoms with E-state index >= 15 is 0 Å². The maximum absolute atomic E-state index is 11.8. The monoisotopic (exact) mass is 257 g/mol. The van der Waals surface area contributed by atoms with E-state index in [2.05, 4.69) is 5.32 Å². The molecule has 1 aliphatic rings. The number of amides is 1. The topological polar surface area (TPSA) is 84.7 Å². The molecule has 0 aromatic rings. The van der Waals surface area contributed by atoms with Crippen molar-refractivity contribution in [1.29, 1.82) is 0 Å². The molecule has 104 valence electrons. The van der Waals surface area contributed by atoms with Gasteiger partial charge in [-0.15, -0.1) is 0 Å². The Balaban J connectivity index is 2.69. The van der Waals surface area contributed by atoms with Gasteiger partial charge < -0.3 is 15.8 Å². The first-order chi connectivity index (χ1) is 8.56. The van der Waals surface area contributed by atoms with Gasteiger partial charge in [0.1, 0.15) is 6.04 Å². The fourth-order valence-electron chi connectivity index (χ4n) is 2.30. The summed E-state index contributed by atoms with van der Waals surface area (Å²) < 4.78 is 5.01. The van der Waals surface area contributed by atoms with E-state index in [9.17, 15) is 9.59 Å². The predicted octanol–water partition coefficient (Wildman–Crippen LogP) is -0.523. The number of ether oxygens (including phenoxy) is 1. The smallest absolute Gasteiger partial charge is 0.323 e. The summed E-state index contributed by atoms with van der Waals surface area (Å²) in [6.45, 7) is 5.78. The second kappa shape index (κ2) is 7.33. The van der Waals surface area contributed by atoms with Crippen LogP contribution in [0.1, 0.15) is 26.7 Å².